The molecular formula is C16H23BrN2O. The van der Waals surface area contributed by atoms with Crippen LogP contribution in [0.25, 0.3) is 0 Å². The van der Waals surface area contributed by atoms with Crippen LogP contribution in [0.5, 0.6) is 0 Å². The van der Waals surface area contributed by atoms with Crippen LogP contribution in [-0.4, -0.2) is 29.9 Å². The van der Waals surface area contributed by atoms with E-state index >= 15 is 0 Å². The van der Waals surface area contributed by atoms with Gasteiger partial charge in [0.05, 0.1) is 0 Å². The van der Waals surface area contributed by atoms with E-state index in [1.54, 1.807) is 0 Å². The molecule has 3 nitrogen and oxygen atoms in total. The second kappa shape index (κ2) is 7.23. The molecule has 1 aliphatic rings. The molecule has 0 bridgehead atoms. The zero-order valence-corrected chi connectivity index (χ0v) is 13.8. The lowest BCUT2D eigenvalue weighted by atomic mass is 10.0. The second-order valence-corrected chi connectivity index (χ2v) is 6.44. The first-order chi connectivity index (χ1) is 9.60. The number of carbonyl (C=O) groups excluding carboxylic acids is 1. The van der Waals surface area contributed by atoms with Gasteiger partial charge in [-0.15, -0.1) is 0 Å². The van der Waals surface area contributed by atoms with Gasteiger partial charge in [-0.3, -0.25) is 4.79 Å². The summed E-state index contributed by atoms with van der Waals surface area (Å²) in [5, 5.41) is 3.64. The highest BCUT2D eigenvalue weighted by atomic mass is 79.9. The Morgan fingerprint density at radius 1 is 1.35 bits per heavy atom. The molecule has 4 heteroatoms. The van der Waals surface area contributed by atoms with E-state index in [4.69, 9.17) is 0 Å². The van der Waals surface area contributed by atoms with Gasteiger partial charge in [0.1, 0.15) is 0 Å². The van der Waals surface area contributed by atoms with Gasteiger partial charge in [-0.2, -0.15) is 0 Å². The molecule has 1 heterocycles. The summed E-state index contributed by atoms with van der Waals surface area (Å²) in [6.07, 6.45) is 2.77. The Morgan fingerprint density at radius 2 is 2.05 bits per heavy atom. The molecule has 0 spiro atoms. The van der Waals surface area contributed by atoms with Crippen LogP contribution < -0.4 is 5.32 Å². The van der Waals surface area contributed by atoms with Gasteiger partial charge in [-0.25, -0.2) is 0 Å². The van der Waals surface area contributed by atoms with Crippen LogP contribution in [-0.2, 0) is 4.79 Å². The maximum Gasteiger partial charge on any atom is 0.222 e. The first-order valence-electron chi connectivity index (χ1n) is 7.39. The molecule has 1 N–H and O–H groups in total. The van der Waals surface area contributed by atoms with E-state index in [1.165, 1.54) is 5.56 Å². The molecule has 0 radical (unpaired) electrons. The standard InChI is InChI=1S/C16H23BrN2O/c1-3-15(13-6-8-14(17)9-7-13)18-12(2)11-19-10-4-5-16(19)20/h6-9,12,15,18H,3-5,10-11H2,1-2H3. The zero-order chi connectivity index (χ0) is 14.5. The van der Waals surface area contributed by atoms with Crippen molar-refractivity contribution in [1.29, 1.82) is 0 Å². The van der Waals surface area contributed by atoms with E-state index in [1.807, 2.05) is 4.90 Å². The quantitative estimate of drug-likeness (QED) is 0.860. The normalized spacial score (nSPS) is 18.4. The lowest BCUT2D eigenvalue weighted by Crippen LogP contribution is -2.41. The van der Waals surface area contributed by atoms with E-state index in [-0.39, 0.29) is 0 Å². The Morgan fingerprint density at radius 3 is 2.60 bits per heavy atom. The van der Waals surface area contributed by atoms with Gasteiger partial charge < -0.3 is 10.2 Å². The number of nitrogens with zero attached hydrogens (tertiary/aromatic N) is 1. The third kappa shape index (κ3) is 4.06. The highest BCUT2D eigenvalue weighted by Gasteiger charge is 2.22. The van der Waals surface area contributed by atoms with E-state index < -0.39 is 0 Å². The van der Waals surface area contributed by atoms with Crippen LogP contribution in [0.15, 0.2) is 28.7 Å². The number of carbonyl (C=O) groups is 1. The lowest BCUT2D eigenvalue weighted by Gasteiger charge is -2.26. The van der Waals surface area contributed by atoms with Crippen LogP contribution in [0.1, 0.15) is 44.7 Å². The summed E-state index contributed by atoms with van der Waals surface area (Å²) in [5.74, 6) is 0.301. The Hall–Kier alpha value is -0.870. The molecule has 1 aliphatic heterocycles. The highest BCUT2D eigenvalue weighted by Crippen LogP contribution is 2.20. The zero-order valence-electron chi connectivity index (χ0n) is 12.2. The van der Waals surface area contributed by atoms with E-state index in [9.17, 15) is 4.79 Å². The third-order valence-electron chi connectivity index (χ3n) is 3.83. The number of rotatable bonds is 6. The molecule has 0 aliphatic carbocycles. The van der Waals surface area contributed by atoms with Gasteiger partial charge in [-0.1, -0.05) is 35.0 Å². The Balaban J connectivity index is 1.92. The van der Waals surface area contributed by atoms with Crippen molar-refractivity contribution in [1.82, 2.24) is 10.2 Å². The van der Waals surface area contributed by atoms with Crippen molar-refractivity contribution in [3.63, 3.8) is 0 Å². The highest BCUT2D eigenvalue weighted by molar-refractivity contribution is 9.10. The van der Waals surface area contributed by atoms with Gasteiger partial charge in [0.25, 0.3) is 0 Å². The predicted molar refractivity (Wildman–Crippen MR) is 85.6 cm³/mol. The Labute approximate surface area is 129 Å². The van der Waals surface area contributed by atoms with Gasteiger partial charge in [0.2, 0.25) is 5.91 Å². The molecule has 110 valence electrons. The molecule has 2 atom stereocenters. The van der Waals surface area contributed by atoms with Crippen molar-refractivity contribution in [3.05, 3.63) is 34.3 Å². The van der Waals surface area contributed by atoms with Crippen molar-refractivity contribution in [2.24, 2.45) is 0 Å². The fraction of sp³-hybridized carbons (Fsp3) is 0.562. The number of benzene rings is 1. The topological polar surface area (TPSA) is 32.3 Å². The number of likely N-dealkylation sites (tertiary alicyclic amines) is 1. The molecule has 1 aromatic carbocycles. The molecule has 2 rings (SSSR count). The lowest BCUT2D eigenvalue weighted by molar-refractivity contribution is -0.127. The Kier molecular flexibility index (Phi) is 5.61. The SMILES string of the molecule is CCC(NC(C)CN1CCCC1=O)c1ccc(Br)cc1. The van der Waals surface area contributed by atoms with Gasteiger partial charge in [0, 0.05) is 36.1 Å². The predicted octanol–water partition coefficient (Wildman–Crippen LogP) is 3.50. The largest absolute Gasteiger partial charge is 0.341 e. The molecule has 0 aromatic heterocycles. The summed E-state index contributed by atoms with van der Waals surface area (Å²) < 4.78 is 1.10. The number of nitrogens with one attached hydrogen (secondary N) is 1. The number of halogens is 1. The van der Waals surface area contributed by atoms with Crippen molar-refractivity contribution in [2.75, 3.05) is 13.1 Å². The summed E-state index contributed by atoms with van der Waals surface area (Å²) in [4.78, 5) is 13.6. The van der Waals surface area contributed by atoms with Gasteiger partial charge in [0.15, 0.2) is 0 Å². The van der Waals surface area contributed by atoms with Crippen LogP contribution in [0.2, 0.25) is 0 Å². The first-order valence-corrected chi connectivity index (χ1v) is 8.18. The molecule has 20 heavy (non-hydrogen) atoms. The summed E-state index contributed by atoms with van der Waals surface area (Å²) in [7, 11) is 0. The van der Waals surface area contributed by atoms with E-state index in [0.717, 1.165) is 36.8 Å². The maximum absolute atomic E-state index is 11.7. The van der Waals surface area contributed by atoms with Crippen LogP contribution in [0.3, 0.4) is 0 Å². The third-order valence-corrected chi connectivity index (χ3v) is 4.36. The van der Waals surface area contributed by atoms with E-state index in [0.29, 0.717) is 18.0 Å². The second-order valence-electron chi connectivity index (χ2n) is 5.52. The molecular weight excluding hydrogens is 316 g/mol. The molecule has 1 fully saturated rings. The number of hydrogen-bond acceptors (Lipinski definition) is 2. The summed E-state index contributed by atoms with van der Waals surface area (Å²) in [6, 6.07) is 9.11. The van der Waals surface area contributed by atoms with Crippen LogP contribution in [0.4, 0.5) is 0 Å². The first kappa shape index (κ1) is 15.5. The number of amides is 1. The van der Waals surface area contributed by atoms with Gasteiger partial charge in [-0.05, 0) is 37.5 Å². The molecule has 0 saturated carbocycles. The molecule has 2 unspecified atom stereocenters. The van der Waals surface area contributed by atoms with Crippen molar-refractivity contribution in [2.45, 2.75) is 45.2 Å². The van der Waals surface area contributed by atoms with Crippen molar-refractivity contribution >= 4 is 21.8 Å². The van der Waals surface area contributed by atoms with Crippen LogP contribution in [0, 0.1) is 0 Å². The maximum atomic E-state index is 11.7. The minimum Gasteiger partial charge on any atom is -0.341 e. The minimum absolute atomic E-state index is 0.301. The molecule has 1 amide bonds. The summed E-state index contributed by atoms with van der Waals surface area (Å²) >= 11 is 3.47. The molecule has 1 aromatic rings. The van der Waals surface area contributed by atoms with E-state index in [2.05, 4.69) is 59.4 Å². The van der Waals surface area contributed by atoms with Crippen LogP contribution >= 0.6 is 15.9 Å². The van der Waals surface area contributed by atoms with Crippen molar-refractivity contribution in [3.8, 4) is 0 Å². The fourth-order valence-electron chi connectivity index (χ4n) is 2.77. The minimum atomic E-state index is 0.301. The summed E-state index contributed by atoms with van der Waals surface area (Å²) in [5.41, 5.74) is 1.30. The van der Waals surface area contributed by atoms with Gasteiger partial charge >= 0.3 is 0 Å². The smallest absolute Gasteiger partial charge is 0.222 e. The summed E-state index contributed by atoms with van der Waals surface area (Å²) in [6.45, 7) is 6.08. The average molecular weight is 339 g/mol. The Bertz CT molecular complexity index is 446. The van der Waals surface area contributed by atoms with Crippen molar-refractivity contribution < 1.29 is 4.79 Å². The molecule has 1 saturated heterocycles. The number of hydrogen-bond donors (Lipinski definition) is 1. The fourth-order valence-corrected chi connectivity index (χ4v) is 3.03. The monoisotopic (exact) mass is 338 g/mol. The average Bonchev–Trinajstić information content (AvgIpc) is 2.83.